The number of benzene rings is 1. The van der Waals surface area contributed by atoms with Crippen molar-refractivity contribution in [2.45, 2.75) is 13.0 Å². The number of aromatic amines is 1. The van der Waals surface area contributed by atoms with Crippen LogP contribution in [0.3, 0.4) is 0 Å². The summed E-state index contributed by atoms with van der Waals surface area (Å²) in [7, 11) is 0. The molecule has 0 aliphatic rings. The Bertz CT molecular complexity index is 810. The van der Waals surface area contributed by atoms with Crippen molar-refractivity contribution in [3.63, 3.8) is 0 Å². The second-order valence-electron chi connectivity index (χ2n) is 4.64. The Morgan fingerprint density at radius 1 is 1.29 bits per heavy atom. The molecule has 0 aliphatic carbocycles. The van der Waals surface area contributed by atoms with Crippen LogP contribution in [-0.4, -0.2) is 21.1 Å². The fourth-order valence-corrected chi connectivity index (χ4v) is 2.56. The second-order valence-corrected chi connectivity index (χ2v) is 5.56. The van der Waals surface area contributed by atoms with E-state index in [2.05, 4.69) is 25.9 Å². The predicted molar refractivity (Wildman–Crippen MR) is 84.6 cm³/mol. The highest BCUT2D eigenvalue weighted by molar-refractivity contribution is 9.10. The lowest BCUT2D eigenvalue weighted by Crippen LogP contribution is -2.18. The van der Waals surface area contributed by atoms with Crippen LogP contribution in [0.25, 0.3) is 11.0 Å². The summed E-state index contributed by atoms with van der Waals surface area (Å²) in [6.45, 7) is 1.15. The Morgan fingerprint density at radius 2 is 2.14 bits per heavy atom. The molecule has 0 bridgehead atoms. The van der Waals surface area contributed by atoms with Crippen LogP contribution in [0.4, 0.5) is 0 Å². The van der Waals surface area contributed by atoms with Crippen molar-refractivity contribution in [3.05, 3.63) is 57.7 Å². The number of imidazole rings is 1. The molecule has 3 aromatic rings. The van der Waals surface area contributed by atoms with Crippen molar-refractivity contribution in [2.75, 3.05) is 6.61 Å². The molecule has 0 unspecified atom stereocenters. The van der Waals surface area contributed by atoms with Crippen LogP contribution in [0.15, 0.2) is 52.0 Å². The summed E-state index contributed by atoms with van der Waals surface area (Å²) in [4.78, 5) is 18.8. The molecule has 0 fully saturated rings. The minimum absolute atomic E-state index is 0.0830. The first-order chi connectivity index (χ1) is 10.2. The number of H-pyrrole nitrogens is 1. The lowest BCUT2D eigenvalue weighted by atomic mass is 10.3. The highest BCUT2D eigenvalue weighted by atomic mass is 79.9. The van der Waals surface area contributed by atoms with Crippen LogP contribution in [0.2, 0.25) is 0 Å². The first-order valence-electron chi connectivity index (χ1n) is 6.65. The van der Waals surface area contributed by atoms with Gasteiger partial charge in [-0.05, 0) is 40.5 Å². The van der Waals surface area contributed by atoms with Gasteiger partial charge in [-0.3, -0.25) is 9.55 Å². The minimum atomic E-state index is -0.0830. The van der Waals surface area contributed by atoms with Crippen molar-refractivity contribution < 1.29 is 4.74 Å². The van der Waals surface area contributed by atoms with E-state index >= 15 is 0 Å². The number of para-hydroxylation sites is 2. The molecule has 21 heavy (non-hydrogen) atoms. The van der Waals surface area contributed by atoms with E-state index in [1.807, 2.05) is 30.3 Å². The van der Waals surface area contributed by atoms with Crippen LogP contribution >= 0.6 is 15.9 Å². The molecule has 1 aromatic carbocycles. The summed E-state index contributed by atoms with van der Waals surface area (Å²) in [6, 6.07) is 9.54. The van der Waals surface area contributed by atoms with Gasteiger partial charge in [-0.15, -0.1) is 0 Å². The zero-order valence-corrected chi connectivity index (χ0v) is 12.8. The molecule has 108 valence electrons. The highest BCUT2D eigenvalue weighted by Gasteiger charge is 2.05. The first-order valence-corrected chi connectivity index (χ1v) is 7.44. The molecule has 1 N–H and O–H groups in total. The summed E-state index contributed by atoms with van der Waals surface area (Å²) in [5.74, 6) is 0.718. The molecule has 3 rings (SSSR count). The van der Waals surface area contributed by atoms with Crippen molar-refractivity contribution in [1.82, 2.24) is 14.5 Å². The first kappa shape index (κ1) is 13.9. The fourth-order valence-electron chi connectivity index (χ4n) is 2.21. The van der Waals surface area contributed by atoms with Gasteiger partial charge in [0.15, 0.2) is 0 Å². The smallest absolute Gasteiger partial charge is 0.326 e. The monoisotopic (exact) mass is 347 g/mol. The molecular weight excluding hydrogens is 334 g/mol. The van der Waals surface area contributed by atoms with E-state index in [1.54, 1.807) is 17.0 Å². The number of pyridine rings is 1. The summed E-state index contributed by atoms with van der Waals surface area (Å²) in [6.07, 6.45) is 4.12. The Morgan fingerprint density at radius 3 is 3.00 bits per heavy atom. The van der Waals surface area contributed by atoms with Gasteiger partial charge < -0.3 is 9.72 Å². The molecule has 2 aromatic heterocycles. The number of nitrogens with zero attached hydrogens (tertiary/aromatic N) is 2. The highest BCUT2D eigenvalue weighted by Crippen LogP contribution is 2.16. The van der Waals surface area contributed by atoms with Crippen molar-refractivity contribution in [2.24, 2.45) is 0 Å². The van der Waals surface area contributed by atoms with Gasteiger partial charge in [-0.1, -0.05) is 12.1 Å². The number of ether oxygens (including phenoxy) is 1. The van der Waals surface area contributed by atoms with Crippen molar-refractivity contribution >= 4 is 27.0 Å². The van der Waals surface area contributed by atoms with E-state index in [0.717, 1.165) is 27.7 Å². The summed E-state index contributed by atoms with van der Waals surface area (Å²) in [5, 5.41) is 0. The van der Waals surface area contributed by atoms with Crippen molar-refractivity contribution in [3.8, 4) is 5.75 Å². The van der Waals surface area contributed by atoms with Gasteiger partial charge >= 0.3 is 5.69 Å². The molecule has 0 atom stereocenters. The van der Waals surface area contributed by atoms with E-state index < -0.39 is 0 Å². The largest absolute Gasteiger partial charge is 0.492 e. The molecular formula is C15H14BrN3O2. The second kappa shape index (κ2) is 6.13. The van der Waals surface area contributed by atoms with E-state index in [0.29, 0.717) is 13.2 Å². The number of halogens is 1. The lowest BCUT2D eigenvalue weighted by Gasteiger charge is -2.06. The maximum Gasteiger partial charge on any atom is 0.326 e. The SMILES string of the molecule is O=c1[nH]c2ccccc2n1CCCOc1cncc(Br)c1. The number of hydrogen-bond donors (Lipinski definition) is 1. The van der Waals surface area contributed by atoms with Gasteiger partial charge in [-0.2, -0.15) is 0 Å². The van der Waals surface area contributed by atoms with Gasteiger partial charge in [0.2, 0.25) is 0 Å². The molecule has 6 heteroatoms. The summed E-state index contributed by atoms with van der Waals surface area (Å²) in [5.41, 5.74) is 1.70. The van der Waals surface area contributed by atoms with Crippen LogP contribution in [0.5, 0.6) is 5.75 Å². The average Bonchev–Trinajstić information content (AvgIpc) is 2.79. The number of fused-ring (bicyclic) bond motifs is 1. The van der Waals surface area contributed by atoms with E-state index in [4.69, 9.17) is 4.74 Å². The number of nitrogens with one attached hydrogen (secondary N) is 1. The summed E-state index contributed by atoms with van der Waals surface area (Å²) < 4.78 is 8.24. The van der Waals surface area contributed by atoms with Gasteiger partial charge in [-0.25, -0.2) is 4.79 Å². The zero-order valence-electron chi connectivity index (χ0n) is 11.3. The minimum Gasteiger partial charge on any atom is -0.492 e. The number of rotatable bonds is 5. The van der Waals surface area contributed by atoms with Crippen molar-refractivity contribution in [1.29, 1.82) is 0 Å². The standard InChI is InChI=1S/C15H14BrN3O2/c16-11-8-12(10-17-9-11)21-7-3-6-19-14-5-2-1-4-13(14)18-15(19)20/h1-2,4-5,8-10H,3,6-7H2,(H,18,20). The van der Waals surface area contributed by atoms with Gasteiger partial charge in [0, 0.05) is 17.2 Å². The van der Waals surface area contributed by atoms with Gasteiger partial charge in [0.1, 0.15) is 5.75 Å². The Labute approximate surface area is 129 Å². The average molecular weight is 348 g/mol. The third kappa shape index (κ3) is 3.16. The Balaban J connectivity index is 1.62. The van der Waals surface area contributed by atoms with E-state index in [-0.39, 0.29) is 5.69 Å². The zero-order chi connectivity index (χ0) is 14.7. The van der Waals surface area contributed by atoms with Crippen LogP contribution < -0.4 is 10.4 Å². The Hall–Kier alpha value is -2.08. The van der Waals surface area contributed by atoms with Crippen LogP contribution in [-0.2, 0) is 6.54 Å². The van der Waals surface area contributed by atoms with Gasteiger partial charge in [0.05, 0.1) is 23.8 Å². The third-order valence-corrected chi connectivity index (χ3v) is 3.59. The maximum atomic E-state index is 11.9. The molecule has 0 saturated heterocycles. The van der Waals surface area contributed by atoms with E-state index in [9.17, 15) is 4.79 Å². The number of aryl methyl sites for hydroxylation is 1. The fraction of sp³-hybridized carbons (Fsp3) is 0.200. The van der Waals surface area contributed by atoms with Crippen LogP contribution in [0, 0.1) is 0 Å². The maximum absolute atomic E-state index is 11.9. The number of hydrogen-bond acceptors (Lipinski definition) is 3. The molecule has 0 saturated carbocycles. The molecule has 0 aliphatic heterocycles. The topological polar surface area (TPSA) is 59.9 Å². The third-order valence-electron chi connectivity index (χ3n) is 3.16. The van der Waals surface area contributed by atoms with Gasteiger partial charge in [0.25, 0.3) is 0 Å². The Kier molecular flexibility index (Phi) is 4.06. The van der Waals surface area contributed by atoms with E-state index in [1.165, 1.54) is 0 Å². The molecule has 0 radical (unpaired) electrons. The van der Waals surface area contributed by atoms with Crippen LogP contribution in [0.1, 0.15) is 6.42 Å². The number of aromatic nitrogens is 3. The summed E-state index contributed by atoms with van der Waals surface area (Å²) >= 11 is 3.35. The normalized spacial score (nSPS) is 10.9. The lowest BCUT2D eigenvalue weighted by molar-refractivity contribution is 0.300. The molecule has 0 spiro atoms. The molecule has 0 amide bonds. The molecule has 2 heterocycles. The quantitative estimate of drug-likeness (QED) is 0.721. The predicted octanol–water partition coefficient (Wildman–Crippen LogP) is 2.96. The molecule has 5 nitrogen and oxygen atoms in total.